The Morgan fingerprint density at radius 1 is 1.24 bits per heavy atom. The molecule has 7 nitrogen and oxygen atoms in total. The summed E-state index contributed by atoms with van der Waals surface area (Å²) in [5, 5.41) is 0. The summed E-state index contributed by atoms with van der Waals surface area (Å²) in [4.78, 5) is 22.0. The number of nitrogen functional groups attached to an aromatic ring is 1. The van der Waals surface area contributed by atoms with Gasteiger partial charge in [-0.2, -0.15) is 0 Å². The van der Waals surface area contributed by atoms with Gasteiger partial charge in [-0.3, -0.25) is 15.6 Å². The first-order valence-electron chi connectivity index (χ1n) is 6.40. The normalized spacial score (nSPS) is 10.0. The highest BCUT2D eigenvalue weighted by atomic mass is 16.2. The van der Waals surface area contributed by atoms with E-state index in [2.05, 4.69) is 20.8 Å². The van der Waals surface area contributed by atoms with E-state index >= 15 is 0 Å². The summed E-state index contributed by atoms with van der Waals surface area (Å²) in [6, 6.07) is 7.31. The van der Waals surface area contributed by atoms with E-state index in [0.29, 0.717) is 22.9 Å². The van der Waals surface area contributed by atoms with E-state index in [1.54, 1.807) is 11.0 Å². The molecule has 0 unspecified atom stereocenters. The number of hydrazine groups is 1. The summed E-state index contributed by atoms with van der Waals surface area (Å²) in [7, 11) is 3.66. The number of hydrogen-bond acceptors (Lipinski definition) is 6. The Morgan fingerprint density at radius 3 is 2.62 bits per heavy atom. The lowest BCUT2D eigenvalue weighted by Crippen LogP contribution is -2.31. The lowest BCUT2D eigenvalue weighted by Gasteiger charge is -2.16. The number of nitrogens with one attached hydrogen (secondary N) is 2. The minimum Gasteiger partial charge on any atom is -0.393 e. The van der Waals surface area contributed by atoms with E-state index in [1.807, 2.05) is 39.2 Å². The summed E-state index contributed by atoms with van der Waals surface area (Å²) in [5.74, 6) is 0.686. The number of nitrogens with zero attached hydrogens (tertiary/aromatic N) is 3. The van der Waals surface area contributed by atoms with E-state index < -0.39 is 0 Å². The molecule has 2 rings (SSSR count). The van der Waals surface area contributed by atoms with Crippen molar-refractivity contribution in [3.8, 4) is 0 Å². The fourth-order valence-electron chi connectivity index (χ4n) is 1.85. The third-order valence-corrected chi connectivity index (χ3v) is 2.97. The monoisotopic (exact) mass is 286 g/mol. The van der Waals surface area contributed by atoms with E-state index in [-0.39, 0.29) is 5.91 Å². The predicted octanol–water partition coefficient (Wildman–Crippen LogP) is 1.19. The molecule has 0 radical (unpaired) electrons. The van der Waals surface area contributed by atoms with Crippen molar-refractivity contribution in [2.24, 2.45) is 0 Å². The quantitative estimate of drug-likeness (QED) is 0.731. The molecule has 0 saturated heterocycles. The number of anilines is 3. The van der Waals surface area contributed by atoms with Gasteiger partial charge in [0.25, 0.3) is 5.91 Å². The van der Waals surface area contributed by atoms with Gasteiger partial charge in [-0.15, -0.1) is 0 Å². The number of carbonyl (C=O) groups excluding carboxylic acids is 1. The maximum absolute atomic E-state index is 12.1. The molecule has 0 aliphatic heterocycles. The molecule has 21 heavy (non-hydrogen) atoms. The molecule has 0 aliphatic carbocycles. The summed E-state index contributed by atoms with van der Waals surface area (Å²) in [5.41, 5.74) is 13.1. The van der Waals surface area contributed by atoms with Gasteiger partial charge in [0.05, 0.1) is 0 Å². The largest absolute Gasteiger partial charge is 0.393 e. The van der Waals surface area contributed by atoms with Crippen LogP contribution in [0.25, 0.3) is 0 Å². The number of benzene rings is 1. The van der Waals surface area contributed by atoms with Gasteiger partial charge in [0.1, 0.15) is 12.0 Å². The highest BCUT2D eigenvalue weighted by molar-refractivity contribution is 5.96. The van der Waals surface area contributed by atoms with Crippen LogP contribution in [0.3, 0.4) is 0 Å². The van der Waals surface area contributed by atoms with Crippen LogP contribution >= 0.6 is 0 Å². The molecule has 1 aromatic carbocycles. The molecule has 0 aliphatic rings. The van der Waals surface area contributed by atoms with Crippen molar-refractivity contribution in [1.82, 2.24) is 15.4 Å². The van der Waals surface area contributed by atoms with Crippen LogP contribution in [0.15, 0.2) is 30.6 Å². The summed E-state index contributed by atoms with van der Waals surface area (Å²) in [6.07, 6.45) is 1.38. The zero-order valence-electron chi connectivity index (χ0n) is 12.2. The van der Waals surface area contributed by atoms with Gasteiger partial charge in [0.2, 0.25) is 0 Å². The van der Waals surface area contributed by atoms with Gasteiger partial charge in [-0.25, -0.2) is 9.97 Å². The maximum atomic E-state index is 12.1. The fourth-order valence-corrected chi connectivity index (χ4v) is 1.85. The van der Waals surface area contributed by atoms with Crippen molar-refractivity contribution in [2.75, 3.05) is 30.2 Å². The number of aryl methyl sites for hydroxylation is 1. The summed E-state index contributed by atoms with van der Waals surface area (Å²) in [6.45, 7) is 1.87. The fraction of sp³-hybridized carbons (Fsp3) is 0.214. The Kier molecular flexibility index (Phi) is 4.22. The minimum absolute atomic E-state index is 0.252. The minimum atomic E-state index is -0.252. The molecular formula is C14H18N6O. The number of hydrogen-bond donors (Lipinski definition) is 3. The highest BCUT2D eigenvalue weighted by Crippen LogP contribution is 2.23. The van der Waals surface area contributed by atoms with Gasteiger partial charge < -0.3 is 10.6 Å². The second-order valence-corrected chi connectivity index (χ2v) is 4.75. The van der Waals surface area contributed by atoms with E-state index in [4.69, 9.17) is 5.73 Å². The van der Waals surface area contributed by atoms with E-state index in [0.717, 1.165) is 5.56 Å². The molecule has 110 valence electrons. The number of aromatic nitrogens is 2. The maximum Gasteiger partial charge on any atom is 0.269 e. The lowest BCUT2D eigenvalue weighted by atomic mass is 10.1. The van der Waals surface area contributed by atoms with Crippen LogP contribution in [0.1, 0.15) is 15.9 Å². The number of carbonyl (C=O) groups is 1. The number of rotatable bonds is 4. The zero-order chi connectivity index (χ0) is 15.4. The van der Waals surface area contributed by atoms with Gasteiger partial charge in [-0.05, 0) is 18.6 Å². The van der Waals surface area contributed by atoms with Gasteiger partial charge >= 0.3 is 0 Å². The first kappa shape index (κ1) is 14.6. The van der Waals surface area contributed by atoms with Crippen molar-refractivity contribution in [1.29, 1.82) is 0 Å². The molecular weight excluding hydrogens is 268 g/mol. The van der Waals surface area contributed by atoms with E-state index in [1.165, 1.54) is 6.33 Å². The molecule has 1 aromatic heterocycles. The summed E-state index contributed by atoms with van der Waals surface area (Å²) >= 11 is 0. The average molecular weight is 286 g/mol. The van der Waals surface area contributed by atoms with Crippen LogP contribution < -0.4 is 21.5 Å². The standard InChI is InChI=1S/C14H18N6O/c1-9-6-4-5-7-10(9)14(21)19-18-12-11(15)13(20(2)3)17-8-16-12/h4-8H,15H2,1-3H3,(H,19,21)(H,16,17,18). The Labute approximate surface area is 123 Å². The second-order valence-electron chi connectivity index (χ2n) is 4.75. The summed E-state index contributed by atoms with van der Waals surface area (Å²) < 4.78 is 0. The third-order valence-electron chi connectivity index (χ3n) is 2.97. The molecule has 1 amide bonds. The first-order valence-corrected chi connectivity index (χ1v) is 6.40. The SMILES string of the molecule is Cc1ccccc1C(=O)NNc1ncnc(N(C)C)c1N. The smallest absolute Gasteiger partial charge is 0.269 e. The molecule has 0 saturated carbocycles. The molecule has 0 spiro atoms. The highest BCUT2D eigenvalue weighted by Gasteiger charge is 2.12. The number of nitrogens with two attached hydrogens (primary N) is 1. The van der Waals surface area contributed by atoms with E-state index in [9.17, 15) is 4.79 Å². The molecule has 2 aromatic rings. The number of amides is 1. The topological polar surface area (TPSA) is 96.2 Å². The molecule has 0 atom stereocenters. The van der Waals surface area contributed by atoms with Gasteiger partial charge in [0.15, 0.2) is 11.6 Å². The van der Waals surface area contributed by atoms with Crippen molar-refractivity contribution in [2.45, 2.75) is 6.92 Å². The van der Waals surface area contributed by atoms with Crippen LogP contribution in [-0.2, 0) is 0 Å². The second kappa shape index (κ2) is 6.08. The Hall–Kier alpha value is -2.83. The molecule has 7 heteroatoms. The Morgan fingerprint density at radius 2 is 1.95 bits per heavy atom. The first-order chi connectivity index (χ1) is 10.0. The molecule has 1 heterocycles. The molecule has 0 bridgehead atoms. The van der Waals surface area contributed by atoms with Crippen molar-refractivity contribution < 1.29 is 4.79 Å². The van der Waals surface area contributed by atoms with Crippen molar-refractivity contribution >= 4 is 23.2 Å². The molecule has 4 N–H and O–H groups in total. The lowest BCUT2D eigenvalue weighted by molar-refractivity contribution is 0.0962. The van der Waals surface area contributed by atoms with Crippen LogP contribution in [-0.4, -0.2) is 30.0 Å². The average Bonchev–Trinajstić information content (AvgIpc) is 2.46. The zero-order valence-corrected chi connectivity index (χ0v) is 12.2. The van der Waals surface area contributed by atoms with Crippen LogP contribution in [0.5, 0.6) is 0 Å². The van der Waals surface area contributed by atoms with Crippen LogP contribution in [0, 0.1) is 6.92 Å². The van der Waals surface area contributed by atoms with Gasteiger partial charge in [-0.1, -0.05) is 18.2 Å². The third kappa shape index (κ3) is 3.19. The Balaban J connectivity index is 2.12. The van der Waals surface area contributed by atoms with Crippen LogP contribution in [0.2, 0.25) is 0 Å². The van der Waals surface area contributed by atoms with Crippen molar-refractivity contribution in [3.63, 3.8) is 0 Å². The molecule has 0 fully saturated rings. The predicted molar refractivity (Wildman–Crippen MR) is 83.0 cm³/mol. The van der Waals surface area contributed by atoms with Crippen LogP contribution in [0.4, 0.5) is 17.3 Å². The van der Waals surface area contributed by atoms with Crippen molar-refractivity contribution in [3.05, 3.63) is 41.7 Å². The van der Waals surface area contributed by atoms with Gasteiger partial charge in [0, 0.05) is 19.7 Å². The Bertz CT molecular complexity index is 656.